The summed E-state index contributed by atoms with van der Waals surface area (Å²) in [7, 11) is 0. The first-order chi connectivity index (χ1) is 14.7. The van der Waals surface area contributed by atoms with Crippen LogP contribution in [-0.2, 0) is 11.0 Å². The molecule has 1 saturated heterocycles. The molecule has 2 heterocycles. The van der Waals surface area contributed by atoms with Gasteiger partial charge in [0.1, 0.15) is 11.1 Å². The van der Waals surface area contributed by atoms with Gasteiger partial charge in [0.2, 0.25) is 0 Å². The first-order valence-electron chi connectivity index (χ1n) is 9.68. The first-order valence-corrected chi connectivity index (χ1v) is 10.1. The van der Waals surface area contributed by atoms with Gasteiger partial charge in [-0.05, 0) is 62.7 Å². The van der Waals surface area contributed by atoms with E-state index in [0.29, 0.717) is 5.69 Å². The van der Waals surface area contributed by atoms with Crippen molar-refractivity contribution in [2.24, 2.45) is 0 Å². The number of hydrogen-bond acceptors (Lipinski definition) is 4. The molecule has 10 heteroatoms. The summed E-state index contributed by atoms with van der Waals surface area (Å²) in [6.45, 7) is 8.85. The highest BCUT2D eigenvalue weighted by molar-refractivity contribution is 7.81. The van der Waals surface area contributed by atoms with Gasteiger partial charge in [0, 0.05) is 5.69 Å². The fourth-order valence-electron chi connectivity index (χ4n) is 3.64. The molecular formula is C22H20F4N4OS. The van der Waals surface area contributed by atoms with E-state index in [-0.39, 0.29) is 11.0 Å². The number of pyridine rings is 1. The van der Waals surface area contributed by atoms with Crippen molar-refractivity contribution >= 4 is 34.6 Å². The van der Waals surface area contributed by atoms with Crippen LogP contribution in [0, 0.1) is 24.1 Å². The lowest BCUT2D eigenvalue weighted by Gasteiger charge is -2.30. The Morgan fingerprint density at radius 2 is 1.84 bits per heavy atom. The highest BCUT2D eigenvalue weighted by Crippen LogP contribution is 2.42. The third-order valence-corrected chi connectivity index (χ3v) is 5.74. The predicted molar refractivity (Wildman–Crippen MR) is 116 cm³/mol. The maximum Gasteiger partial charge on any atom is 0.420 e. The number of nitrogens with zero attached hydrogens (tertiary/aromatic N) is 4. The maximum atomic E-state index is 15.1. The van der Waals surface area contributed by atoms with Gasteiger partial charge in [-0.25, -0.2) is 4.39 Å². The zero-order chi connectivity index (χ0) is 24.2. The quantitative estimate of drug-likeness (QED) is 0.446. The Hall–Kier alpha value is -3.06. The number of anilines is 2. The van der Waals surface area contributed by atoms with E-state index < -0.39 is 40.3 Å². The molecule has 0 unspecified atom stereocenters. The second kappa shape index (κ2) is 7.81. The van der Waals surface area contributed by atoms with Crippen molar-refractivity contribution in [1.29, 1.82) is 5.26 Å². The number of aryl methyl sites for hydroxylation is 1. The number of halogens is 4. The number of carbonyl (C=O) groups is 1. The third-order valence-electron chi connectivity index (χ3n) is 5.37. The largest absolute Gasteiger partial charge is 0.420 e. The lowest BCUT2D eigenvalue weighted by molar-refractivity contribution is -0.140. The molecule has 0 atom stereocenters. The molecule has 5 nitrogen and oxygen atoms in total. The molecule has 0 aliphatic carbocycles. The van der Waals surface area contributed by atoms with Gasteiger partial charge in [0.25, 0.3) is 5.91 Å². The average Bonchev–Trinajstić information content (AvgIpc) is 2.85. The number of amides is 1. The summed E-state index contributed by atoms with van der Waals surface area (Å²) < 4.78 is 55.4. The zero-order valence-corrected chi connectivity index (χ0v) is 18.8. The molecule has 0 bridgehead atoms. The van der Waals surface area contributed by atoms with Gasteiger partial charge < -0.3 is 4.90 Å². The summed E-state index contributed by atoms with van der Waals surface area (Å²) in [5, 5.41) is 8.81. The maximum absolute atomic E-state index is 15.1. The number of carbonyl (C=O) groups excluding carboxylic acids is 1. The van der Waals surface area contributed by atoms with Gasteiger partial charge in [0.15, 0.2) is 10.9 Å². The van der Waals surface area contributed by atoms with Crippen molar-refractivity contribution in [3.63, 3.8) is 0 Å². The molecule has 168 valence electrons. The summed E-state index contributed by atoms with van der Waals surface area (Å²) >= 11 is 5.44. The topological polar surface area (TPSA) is 60.2 Å². The van der Waals surface area contributed by atoms with Crippen molar-refractivity contribution in [3.05, 3.63) is 52.6 Å². The van der Waals surface area contributed by atoms with E-state index in [1.54, 1.807) is 27.0 Å². The minimum absolute atomic E-state index is 0.160. The zero-order valence-electron chi connectivity index (χ0n) is 18.0. The van der Waals surface area contributed by atoms with Crippen molar-refractivity contribution in [1.82, 2.24) is 4.98 Å². The van der Waals surface area contributed by atoms with E-state index >= 15 is 4.39 Å². The molecule has 1 aliphatic heterocycles. The number of aromatic nitrogens is 1. The summed E-state index contributed by atoms with van der Waals surface area (Å²) in [6.07, 6.45) is -3.58. The Morgan fingerprint density at radius 1 is 1.22 bits per heavy atom. The van der Waals surface area contributed by atoms with Crippen LogP contribution < -0.4 is 9.80 Å². The van der Waals surface area contributed by atoms with Crippen LogP contribution in [0.15, 0.2) is 24.4 Å². The van der Waals surface area contributed by atoms with Gasteiger partial charge in [-0.2, -0.15) is 18.4 Å². The minimum atomic E-state index is -5.13. The Bertz CT molecular complexity index is 1170. The number of benzene rings is 1. The molecule has 1 amide bonds. The molecule has 0 saturated carbocycles. The second-order valence-electron chi connectivity index (χ2n) is 8.30. The number of nitriles is 1. The number of thiocarbonyl (C=S) groups is 1. The lowest BCUT2D eigenvalue weighted by Crippen LogP contribution is -2.44. The molecule has 3 rings (SSSR count). The first kappa shape index (κ1) is 23.6. The number of hydrogen-bond donors (Lipinski definition) is 0. The Labute approximate surface area is 188 Å². The van der Waals surface area contributed by atoms with Gasteiger partial charge in [-0.3, -0.25) is 14.7 Å². The highest BCUT2D eigenvalue weighted by Gasteiger charge is 2.52. The van der Waals surface area contributed by atoms with Gasteiger partial charge in [0.05, 0.1) is 29.2 Å². The van der Waals surface area contributed by atoms with Crippen molar-refractivity contribution in [2.75, 3.05) is 9.80 Å². The van der Waals surface area contributed by atoms with Crippen LogP contribution in [-0.4, -0.2) is 21.5 Å². The molecular weight excluding hydrogens is 444 g/mol. The molecule has 1 fully saturated rings. The van der Waals surface area contributed by atoms with Crippen LogP contribution >= 0.6 is 12.2 Å². The van der Waals surface area contributed by atoms with Crippen LogP contribution in [0.25, 0.3) is 0 Å². The Kier molecular flexibility index (Phi) is 5.76. The molecule has 0 radical (unpaired) electrons. The third kappa shape index (κ3) is 3.60. The molecule has 1 aromatic carbocycles. The lowest BCUT2D eigenvalue weighted by atomic mass is 10.0. The van der Waals surface area contributed by atoms with Crippen LogP contribution in [0.3, 0.4) is 0 Å². The SMILES string of the molecule is Cc1cc(C(C)C)ncc1N1C(=S)N(c2ccc(C#N)c(C(F)(F)F)c2F)C(=O)C1(C)C. The molecule has 1 aliphatic rings. The van der Waals surface area contributed by atoms with E-state index in [9.17, 15) is 18.0 Å². The number of rotatable bonds is 3. The molecule has 2 aromatic rings. The Balaban J connectivity index is 2.18. The van der Waals surface area contributed by atoms with E-state index in [2.05, 4.69) is 4.98 Å². The minimum Gasteiger partial charge on any atom is -0.302 e. The van der Waals surface area contributed by atoms with Gasteiger partial charge >= 0.3 is 6.18 Å². The van der Waals surface area contributed by atoms with E-state index in [1.165, 1.54) is 11.0 Å². The van der Waals surface area contributed by atoms with Crippen LogP contribution in [0.4, 0.5) is 28.9 Å². The fourth-order valence-corrected chi connectivity index (χ4v) is 4.15. The molecule has 0 N–H and O–H groups in total. The van der Waals surface area contributed by atoms with E-state index in [4.69, 9.17) is 17.5 Å². The average molecular weight is 464 g/mol. The van der Waals surface area contributed by atoms with Crippen molar-refractivity contribution < 1.29 is 22.4 Å². The van der Waals surface area contributed by atoms with Crippen molar-refractivity contribution in [3.8, 4) is 6.07 Å². The van der Waals surface area contributed by atoms with Gasteiger partial charge in [-0.1, -0.05) is 13.8 Å². The summed E-state index contributed by atoms with van der Waals surface area (Å²) in [6, 6.07) is 4.97. The highest BCUT2D eigenvalue weighted by atomic mass is 32.1. The molecule has 0 spiro atoms. The smallest absolute Gasteiger partial charge is 0.302 e. The van der Waals surface area contributed by atoms with Crippen LogP contribution in [0.1, 0.15) is 56.0 Å². The fraction of sp³-hybridized carbons (Fsp3) is 0.364. The number of alkyl halides is 3. The second-order valence-corrected chi connectivity index (χ2v) is 8.66. The summed E-state index contributed by atoms with van der Waals surface area (Å²) in [5.41, 5.74) is -2.52. The van der Waals surface area contributed by atoms with Gasteiger partial charge in [-0.15, -0.1) is 0 Å². The summed E-state index contributed by atoms with van der Waals surface area (Å²) in [5.74, 6) is -2.27. The van der Waals surface area contributed by atoms with E-state index in [0.717, 1.165) is 28.3 Å². The monoisotopic (exact) mass is 464 g/mol. The van der Waals surface area contributed by atoms with Crippen molar-refractivity contribution in [2.45, 2.75) is 52.3 Å². The Morgan fingerprint density at radius 3 is 2.34 bits per heavy atom. The molecule has 1 aromatic heterocycles. The van der Waals surface area contributed by atoms with E-state index in [1.807, 2.05) is 19.9 Å². The molecule has 32 heavy (non-hydrogen) atoms. The standard InChI is InChI=1S/C22H20F4N4OS/c1-11(2)14-8-12(3)16(10-28-14)30-20(32)29(19(31)21(30,4)5)15-7-6-13(9-27)17(18(15)23)22(24,25)26/h6-8,10-11H,1-5H3. The normalized spacial score (nSPS) is 16.2. The van der Waals surface area contributed by atoms with Crippen LogP contribution in [0.2, 0.25) is 0 Å². The predicted octanol–water partition coefficient (Wildman–Crippen LogP) is 5.46. The van der Waals surface area contributed by atoms with Crippen LogP contribution in [0.5, 0.6) is 0 Å². The summed E-state index contributed by atoms with van der Waals surface area (Å²) in [4.78, 5) is 19.8.